The SMILES string of the molecule is Cc1cc(C)cc(OC(=O)/C=C/c2ccc(OCc3ccccc3)cc2)c1. The van der Waals surface area contributed by atoms with Gasteiger partial charge in [0.1, 0.15) is 18.1 Å². The van der Waals surface area contributed by atoms with Crippen LogP contribution in [0.5, 0.6) is 11.5 Å². The fourth-order valence-electron chi connectivity index (χ4n) is 2.72. The summed E-state index contributed by atoms with van der Waals surface area (Å²) in [5, 5.41) is 0. The predicted molar refractivity (Wildman–Crippen MR) is 108 cm³/mol. The van der Waals surface area contributed by atoms with Gasteiger partial charge < -0.3 is 9.47 Å². The van der Waals surface area contributed by atoms with Gasteiger partial charge in [-0.1, -0.05) is 48.5 Å². The van der Waals surface area contributed by atoms with Crippen molar-refractivity contribution in [2.75, 3.05) is 0 Å². The molecule has 0 spiro atoms. The first-order valence-corrected chi connectivity index (χ1v) is 8.83. The molecule has 3 rings (SSSR count). The van der Waals surface area contributed by atoms with Gasteiger partial charge in [0.2, 0.25) is 0 Å². The van der Waals surface area contributed by atoms with Gasteiger partial charge in [-0.25, -0.2) is 4.79 Å². The van der Waals surface area contributed by atoms with Gasteiger partial charge in [-0.2, -0.15) is 0 Å². The zero-order valence-corrected chi connectivity index (χ0v) is 15.5. The molecule has 0 aromatic heterocycles. The Kier molecular flexibility index (Phi) is 6.06. The highest BCUT2D eigenvalue weighted by Gasteiger charge is 2.02. The van der Waals surface area contributed by atoms with Crippen LogP contribution in [0.25, 0.3) is 6.08 Å². The van der Waals surface area contributed by atoms with Crippen molar-refractivity contribution in [2.24, 2.45) is 0 Å². The Morgan fingerprint density at radius 3 is 2.19 bits per heavy atom. The Balaban J connectivity index is 1.54. The quantitative estimate of drug-likeness (QED) is 0.331. The van der Waals surface area contributed by atoms with E-state index >= 15 is 0 Å². The molecule has 0 saturated carbocycles. The van der Waals surface area contributed by atoms with Gasteiger partial charge in [0.25, 0.3) is 0 Å². The third-order valence-electron chi connectivity index (χ3n) is 3.95. The molecular formula is C24H22O3. The van der Waals surface area contributed by atoms with Crippen LogP contribution in [0.1, 0.15) is 22.3 Å². The van der Waals surface area contributed by atoms with Gasteiger partial charge in [0.15, 0.2) is 0 Å². The van der Waals surface area contributed by atoms with E-state index in [9.17, 15) is 4.79 Å². The highest BCUT2D eigenvalue weighted by Crippen LogP contribution is 2.17. The summed E-state index contributed by atoms with van der Waals surface area (Å²) in [6, 6.07) is 23.3. The molecule has 0 N–H and O–H groups in total. The van der Waals surface area contributed by atoms with Gasteiger partial charge in [-0.15, -0.1) is 0 Å². The number of ether oxygens (including phenoxy) is 2. The topological polar surface area (TPSA) is 35.5 Å². The van der Waals surface area contributed by atoms with Gasteiger partial charge in [-0.05, 0) is 66.4 Å². The van der Waals surface area contributed by atoms with Crippen LogP contribution in [0.2, 0.25) is 0 Å². The monoisotopic (exact) mass is 358 g/mol. The lowest BCUT2D eigenvalue weighted by Gasteiger charge is -2.06. The fraction of sp³-hybridized carbons (Fsp3) is 0.125. The maximum Gasteiger partial charge on any atom is 0.336 e. The van der Waals surface area contributed by atoms with E-state index in [2.05, 4.69) is 0 Å². The number of hydrogen-bond acceptors (Lipinski definition) is 3. The Labute approximate surface area is 159 Å². The molecule has 0 aliphatic carbocycles. The minimum atomic E-state index is -0.399. The second-order valence-corrected chi connectivity index (χ2v) is 6.42. The largest absolute Gasteiger partial charge is 0.489 e. The molecular weight excluding hydrogens is 336 g/mol. The van der Waals surface area contributed by atoms with E-state index in [1.165, 1.54) is 6.08 Å². The maximum atomic E-state index is 12.0. The number of carbonyl (C=O) groups is 1. The standard InChI is InChI=1S/C24H22O3/c1-18-14-19(2)16-23(15-18)27-24(25)13-10-20-8-11-22(12-9-20)26-17-21-6-4-3-5-7-21/h3-16H,17H2,1-2H3/b13-10+. The number of carbonyl (C=O) groups excluding carboxylic acids is 1. The number of hydrogen-bond donors (Lipinski definition) is 0. The van der Waals surface area contributed by atoms with Crippen molar-refractivity contribution in [3.05, 3.63) is 101 Å². The van der Waals surface area contributed by atoms with Crippen LogP contribution in [0.3, 0.4) is 0 Å². The summed E-state index contributed by atoms with van der Waals surface area (Å²) in [5.41, 5.74) is 4.15. The van der Waals surface area contributed by atoms with Crippen molar-refractivity contribution >= 4 is 12.0 Å². The normalized spacial score (nSPS) is 10.7. The molecule has 3 heteroatoms. The maximum absolute atomic E-state index is 12.0. The van der Waals surface area contributed by atoms with E-state index in [1.54, 1.807) is 6.08 Å². The van der Waals surface area contributed by atoms with E-state index in [0.29, 0.717) is 12.4 Å². The fourth-order valence-corrected chi connectivity index (χ4v) is 2.72. The Bertz CT molecular complexity index is 905. The van der Waals surface area contributed by atoms with Crippen molar-refractivity contribution in [3.63, 3.8) is 0 Å². The first-order valence-electron chi connectivity index (χ1n) is 8.83. The van der Waals surface area contributed by atoms with Crippen LogP contribution in [0.15, 0.2) is 78.9 Å². The lowest BCUT2D eigenvalue weighted by atomic mass is 10.1. The van der Waals surface area contributed by atoms with Crippen molar-refractivity contribution in [3.8, 4) is 11.5 Å². The Morgan fingerprint density at radius 2 is 1.52 bits per heavy atom. The van der Waals surface area contributed by atoms with Gasteiger partial charge >= 0.3 is 5.97 Å². The molecule has 27 heavy (non-hydrogen) atoms. The van der Waals surface area contributed by atoms with Crippen LogP contribution in [-0.4, -0.2) is 5.97 Å². The summed E-state index contributed by atoms with van der Waals surface area (Å²) in [7, 11) is 0. The summed E-state index contributed by atoms with van der Waals surface area (Å²) in [4.78, 5) is 12.0. The third-order valence-corrected chi connectivity index (χ3v) is 3.95. The summed E-state index contributed by atoms with van der Waals surface area (Å²) < 4.78 is 11.1. The summed E-state index contributed by atoms with van der Waals surface area (Å²) in [5.74, 6) is 0.949. The first-order chi connectivity index (χ1) is 13.1. The smallest absolute Gasteiger partial charge is 0.336 e. The third kappa shape index (κ3) is 5.86. The molecule has 0 atom stereocenters. The summed E-state index contributed by atoms with van der Waals surface area (Å²) >= 11 is 0. The summed E-state index contributed by atoms with van der Waals surface area (Å²) in [6.07, 6.45) is 3.16. The van der Waals surface area contributed by atoms with Crippen LogP contribution < -0.4 is 9.47 Å². The number of aryl methyl sites for hydroxylation is 2. The second kappa shape index (κ2) is 8.86. The van der Waals surface area contributed by atoms with E-state index in [4.69, 9.17) is 9.47 Å². The first kappa shape index (κ1) is 18.5. The van der Waals surface area contributed by atoms with E-state index < -0.39 is 5.97 Å². The predicted octanol–water partition coefficient (Wildman–Crippen LogP) is 5.50. The van der Waals surface area contributed by atoms with Gasteiger partial charge in [0.05, 0.1) is 0 Å². The van der Waals surface area contributed by atoms with Crippen LogP contribution in [0.4, 0.5) is 0 Å². The molecule has 3 aromatic carbocycles. The molecule has 0 aliphatic heterocycles. The van der Waals surface area contributed by atoms with E-state index in [1.807, 2.05) is 86.6 Å². The molecule has 0 fully saturated rings. The lowest BCUT2D eigenvalue weighted by molar-refractivity contribution is -0.128. The second-order valence-electron chi connectivity index (χ2n) is 6.42. The van der Waals surface area contributed by atoms with Crippen LogP contribution in [-0.2, 0) is 11.4 Å². The average Bonchev–Trinajstić information content (AvgIpc) is 2.65. The zero-order chi connectivity index (χ0) is 19.1. The van der Waals surface area contributed by atoms with Crippen molar-refractivity contribution in [1.29, 1.82) is 0 Å². The molecule has 0 amide bonds. The Morgan fingerprint density at radius 1 is 0.852 bits per heavy atom. The van der Waals surface area contributed by atoms with Gasteiger partial charge in [-0.3, -0.25) is 0 Å². The molecule has 0 radical (unpaired) electrons. The molecule has 0 unspecified atom stereocenters. The Hall–Kier alpha value is -3.33. The molecule has 0 aliphatic rings. The van der Waals surface area contributed by atoms with E-state index in [-0.39, 0.29) is 0 Å². The molecule has 136 valence electrons. The highest BCUT2D eigenvalue weighted by atomic mass is 16.5. The lowest BCUT2D eigenvalue weighted by Crippen LogP contribution is -2.04. The van der Waals surface area contributed by atoms with Gasteiger partial charge in [0, 0.05) is 6.08 Å². The van der Waals surface area contributed by atoms with E-state index in [0.717, 1.165) is 28.0 Å². The minimum absolute atomic E-state index is 0.399. The highest BCUT2D eigenvalue weighted by molar-refractivity contribution is 5.88. The summed E-state index contributed by atoms with van der Waals surface area (Å²) in [6.45, 7) is 4.47. The number of benzene rings is 3. The van der Waals surface area contributed by atoms with Crippen LogP contribution >= 0.6 is 0 Å². The molecule has 0 saturated heterocycles. The van der Waals surface area contributed by atoms with Crippen molar-refractivity contribution < 1.29 is 14.3 Å². The zero-order valence-electron chi connectivity index (χ0n) is 15.5. The van der Waals surface area contributed by atoms with Crippen molar-refractivity contribution in [2.45, 2.75) is 20.5 Å². The van der Waals surface area contributed by atoms with Crippen LogP contribution in [0, 0.1) is 13.8 Å². The average molecular weight is 358 g/mol. The molecule has 3 aromatic rings. The number of esters is 1. The molecule has 0 heterocycles. The van der Waals surface area contributed by atoms with Crippen molar-refractivity contribution in [1.82, 2.24) is 0 Å². The molecule has 3 nitrogen and oxygen atoms in total. The minimum Gasteiger partial charge on any atom is -0.489 e. The number of rotatable bonds is 6. The molecule has 0 bridgehead atoms.